The maximum atomic E-state index is 14.4. The number of carboxylic acid groups (broad SMARTS) is 1. The van der Waals surface area contributed by atoms with E-state index in [4.69, 9.17) is 9.72 Å². The largest absolute Gasteiger partial charge is 0.479 e. The average Bonchev–Trinajstić information content (AvgIpc) is 3.59. The molecule has 14 nitrogen and oxygen atoms in total. The van der Waals surface area contributed by atoms with Crippen LogP contribution >= 0.6 is 11.3 Å². The number of fused-ring (bicyclic) bond motifs is 5. The van der Waals surface area contributed by atoms with Crippen molar-refractivity contribution >= 4 is 52.2 Å². The van der Waals surface area contributed by atoms with E-state index >= 15 is 0 Å². The molecule has 5 heterocycles. The monoisotopic (exact) mass is 731 g/mol. The molecule has 0 radical (unpaired) electrons. The number of amides is 4. The number of ether oxygens (including phenoxy) is 1. The van der Waals surface area contributed by atoms with E-state index in [0.717, 1.165) is 30.3 Å². The first-order valence-electron chi connectivity index (χ1n) is 18.0. The lowest BCUT2D eigenvalue weighted by Gasteiger charge is -2.33. The fourth-order valence-corrected chi connectivity index (χ4v) is 8.54. The average molecular weight is 732 g/mol. The lowest BCUT2D eigenvalue weighted by Crippen LogP contribution is -2.58. The van der Waals surface area contributed by atoms with E-state index in [-0.39, 0.29) is 43.8 Å². The number of hydrogen-bond donors (Lipinski definition) is 3. The quantitative estimate of drug-likeness (QED) is 0.330. The van der Waals surface area contributed by atoms with E-state index in [2.05, 4.69) is 15.6 Å². The van der Waals surface area contributed by atoms with Crippen LogP contribution < -0.4 is 10.6 Å². The molecule has 15 heteroatoms. The number of rotatable bonds is 5. The minimum absolute atomic E-state index is 0.00431. The van der Waals surface area contributed by atoms with Gasteiger partial charge in [-0.25, -0.2) is 19.6 Å². The molecular weight excluding hydrogens is 687 g/mol. The second-order valence-corrected chi connectivity index (χ2v) is 16.1. The highest BCUT2D eigenvalue weighted by Gasteiger charge is 2.62. The summed E-state index contributed by atoms with van der Waals surface area (Å²) in [6.45, 7) is 5.93. The van der Waals surface area contributed by atoms with Crippen LogP contribution in [-0.4, -0.2) is 102 Å². The van der Waals surface area contributed by atoms with Crippen LogP contribution in [0, 0.1) is 17.8 Å². The number of thiazole rings is 1. The van der Waals surface area contributed by atoms with Crippen molar-refractivity contribution in [1.29, 1.82) is 0 Å². The number of allylic oxidation sites excluding steroid dienone is 1. The van der Waals surface area contributed by atoms with Gasteiger partial charge in [-0.15, -0.1) is 11.3 Å². The lowest BCUT2D eigenvalue weighted by atomic mass is 9.93. The Morgan fingerprint density at radius 2 is 1.92 bits per heavy atom. The fourth-order valence-electron chi connectivity index (χ4n) is 8.01. The topological polar surface area (TPSA) is 176 Å². The molecule has 4 amide bonds. The van der Waals surface area contributed by atoms with Crippen molar-refractivity contribution in [3.8, 4) is 11.5 Å². The van der Waals surface area contributed by atoms with Crippen LogP contribution in [-0.2, 0) is 30.5 Å². The van der Waals surface area contributed by atoms with Crippen molar-refractivity contribution in [1.82, 2.24) is 35.0 Å². The van der Waals surface area contributed by atoms with E-state index in [1.54, 1.807) is 31.2 Å². The molecule has 0 bridgehead atoms. The van der Waals surface area contributed by atoms with Gasteiger partial charge in [-0.3, -0.25) is 14.4 Å². The number of carboxylic acids is 1. The third kappa shape index (κ3) is 7.02. The van der Waals surface area contributed by atoms with Gasteiger partial charge in [0.25, 0.3) is 0 Å². The van der Waals surface area contributed by atoms with Gasteiger partial charge in [0.15, 0.2) is 5.82 Å². The number of carbonyl (C=O) groups is 5. The summed E-state index contributed by atoms with van der Waals surface area (Å²) < 4.78 is 7.35. The molecule has 0 spiro atoms. The summed E-state index contributed by atoms with van der Waals surface area (Å²) in [7, 11) is 0. The Balaban J connectivity index is 1.16. The van der Waals surface area contributed by atoms with Crippen LogP contribution in [0.15, 0.2) is 47.3 Å². The molecule has 52 heavy (non-hydrogen) atoms. The van der Waals surface area contributed by atoms with Crippen molar-refractivity contribution in [3.63, 3.8) is 0 Å². The van der Waals surface area contributed by atoms with Gasteiger partial charge in [-0.2, -0.15) is 0 Å². The molecule has 2 aromatic heterocycles. The number of alkyl carbamates (subject to hydrolysis) is 1. The first kappa shape index (κ1) is 35.6. The van der Waals surface area contributed by atoms with Gasteiger partial charge >= 0.3 is 12.1 Å². The highest BCUT2D eigenvalue weighted by Crippen LogP contribution is 2.46. The van der Waals surface area contributed by atoms with E-state index < -0.39 is 53.0 Å². The Bertz CT molecular complexity index is 1900. The molecule has 3 fully saturated rings. The summed E-state index contributed by atoms with van der Waals surface area (Å²) in [5.74, 6) is -2.72. The van der Waals surface area contributed by atoms with Crippen molar-refractivity contribution in [2.24, 2.45) is 17.8 Å². The number of nitrogens with one attached hydrogen (secondary N) is 2. The minimum Gasteiger partial charge on any atom is -0.479 e. The molecule has 6 atom stereocenters. The van der Waals surface area contributed by atoms with Crippen LogP contribution in [0.2, 0.25) is 0 Å². The third-order valence-electron chi connectivity index (χ3n) is 10.6. The Labute approximate surface area is 305 Å². The highest BCUT2D eigenvalue weighted by molar-refractivity contribution is 7.07. The van der Waals surface area contributed by atoms with Gasteiger partial charge in [0, 0.05) is 42.8 Å². The summed E-state index contributed by atoms with van der Waals surface area (Å²) in [6.07, 6.45) is 6.76. The van der Waals surface area contributed by atoms with Crippen LogP contribution in [0.5, 0.6) is 0 Å². The maximum absolute atomic E-state index is 14.4. The molecule has 4 aliphatic rings. The van der Waals surface area contributed by atoms with Crippen LogP contribution in [0.25, 0.3) is 22.6 Å². The molecule has 1 aliphatic carbocycles. The van der Waals surface area contributed by atoms with Gasteiger partial charge in [0.2, 0.25) is 17.7 Å². The molecule has 0 unspecified atom stereocenters. The minimum atomic E-state index is -1.46. The van der Waals surface area contributed by atoms with Crippen LogP contribution in [0.3, 0.4) is 0 Å². The predicted molar refractivity (Wildman–Crippen MR) is 192 cm³/mol. The number of carbonyl (C=O) groups excluding carboxylic acids is 4. The zero-order chi connectivity index (χ0) is 36.8. The Morgan fingerprint density at radius 1 is 1.12 bits per heavy atom. The molecular formula is C37H45N7O7S. The van der Waals surface area contributed by atoms with E-state index in [9.17, 15) is 29.1 Å². The van der Waals surface area contributed by atoms with Gasteiger partial charge in [0.1, 0.15) is 35.5 Å². The molecule has 7 rings (SSSR count). The van der Waals surface area contributed by atoms with Gasteiger partial charge in [-0.05, 0) is 58.6 Å². The number of imidazole rings is 1. The first-order chi connectivity index (χ1) is 24.8. The second kappa shape index (κ2) is 14.0. The SMILES string of the molecule is CC(C)(C)OC(=O)N[C@@H]1CCCCC/C=C\[C@H]2C[C@@]2(C(=O)O)NC(=O)[C@@H]2[C@H]3CN(C(=O)Cn4c(-c5cscn5)nc5ccccc54)C[C@H]3CN2C1=O. The first-order valence-corrected chi connectivity index (χ1v) is 18.9. The van der Waals surface area contributed by atoms with E-state index in [1.165, 1.54) is 16.2 Å². The van der Waals surface area contributed by atoms with Gasteiger partial charge < -0.3 is 34.8 Å². The molecule has 3 N–H and O–H groups in total. The molecule has 3 aliphatic heterocycles. The maximum Gasteiger partial charge on any atom is 0.408 e. The van der Waals surface area contributed by atoms with Crippen molar-refractivity contribution in [3.05, 3.63) is 47.3 Å². The summed E-state index contributed by atoms with van der Waals surface area (Å²) in [4.78, 5) is 80.7. The predicted octanol–water partition coefficient (Wildman–Crippen LogP) is 3.82. The Hall–Kier alpha value is -4.79. The van der Waals surface area contributed by atoms with Crippen LogP contribution in [0.4, 0.5) is 4.79 Å². The van der Waals surface area contributed by atoms with Crippen molar-refractivity contribution in [2.45, 2.75) is 89.1 Å². The number of benzene rings is 1. The number of aliphatic carboxylic acids is 1. The summed E-state index contributed by atoms with van der Waals surface area (Å²) in [5.41, 5.74) is 1.69. The molecule has 276 valence electrons. The molecule has 1 aromatic carbocycles. The van der Waals surface area contributed by atoms with Gasteiger partial charge in [0.05, 0.1) is 16.5 Å². The number of nitrogens with zero attached hydrogens (tertiary/aromatic N) is 5. The summed E-state index contributed by atoms with van der Waals surface area (Å²) in [6, 6.07) is 5.61. The van der Waals surface area contributed by atoms with E-state index in [1.807, 2.05) is 46.4 Å². The molecule has 1 saturated carbocycles. The number of likely N-dealkylation sites (tertiary alicyclic amines) is 1. The second-order valence-electron chi connectivity index (χ2n) is 15.4. The standard InChI is InChI=1S/C37H45N7O7S/c1-36(2,3)51-35(50)40-26-13-8-6-4-5-7-11-23-15-37(23,34(48)49)41-32(46)30-24-18-42(16-22(24)17-44(30)33(26)47)29(45)19-43-28-14-10-9-12-25(28)39-31(43)27-20-52-21-38-27/h7,9-12,14,20-24,26,30H,4-6,8,13,15-19H2,1-3H3,(H,40,50)(H,41,46)(H,48,49)/b11-7-/t22-,23-,24-,26+,30-,37+/m0/s1. The van der Waals surface area contributed by atoms with Crippen molar-refractivity contribution < 1.29 is 33.8 Å². The van der Waals surface area contributed by atoms with E-state index in [0.29, 0.717) is 30.9 Å². The smallest absolute Gasteiger partial charge is 0.408 e. The van der Waals surface area contributed by atoms with Crippen molar-refractivity contribution in [2.75, 3.05) is 19.6 Å². The summed E-state index contributed by atoms with van der Waals surface area (Å²) in [5, 5.41) is 17.8. The molecule has 3 aromatic rings. The number of hydrogen-bond acceptors (Lipinski definition) is 9. The fraction of sp³-hybridized carbons (Fsp3) is 0.541. The summed E-state index contributed by atoms with van der Waals surface area (Å²) >= 11 is 1.44. The van der Waals surface area contributed by atoms with Gasteiger partial charge in [-0.1, -0.05) is 37.1 Å². The lowest BCUT2D eigenvalue weighted by molar-refractivity contribution is -0.146. The third-order valence-corrected chi connectivity index (χ3v) is 11.2. The Kier molecular flexibility index (Phi) is 9.57. The number of para-hydroxylation sites is 2. The van der Waals surface area contributed by atoms with Crippen LogP contribution in [0.1, 0.15) is 59.3 Å². The molecule has 2 saturated heterocycles. The zero-order valence-corrected chi connectivity index (χ0v) is 30.4. The normalized spacial score (nSPS) is 28.6. The highest BCUT2D eigenvalue weighted by atomic mass is 32.1. The zero-order valence-electron chi connectivity index (χ0n) is 29.6. The Morgan fingerprint density at radius 3 is 2.67 bits per heavy atom. The number of aromatic nitrogens is 3.